The van der Waals surface area contributed by atoms with Gasteiger partial charge in [-0.15, -0.1) is 0 Å². The minimum Gasteiger partial charge on any atom is -0.490 e. The molecule has 9 heteroatoms. The van der Waals surface area contributed by atoms with Crippen LogP contribution in [0.25, 0.3) is 11.3 Å². The molecule has 3 nitrogen and oxygen atoms in total. The van der Waals surface area contributed by atoms with Crippen molar-refractivity contribution in [2.75, 3.05) is 13.2 Å². The Morgan fingerprint density at radius 3 is 2.40 bits per heavy atom. The van der Waals surface area contributed by atoms with Crippen molar-refractivity contribution in [2.24, 2.45) is 11.8 Å². The first-order chi connectivity index (χ1) is 20.7. The summed E-state index contributed by atoms with van der Waals surface area (Å²) < 4.78 is 100. The van der Waals surface area contributed by atoms with Gasteiger partial charge >= 0.3 is 5.92 Å². The number of ether oxygens (including phenoxy) is 2. The number of nitrogens with zero attached hydrogens (tertiary/aromatic N) is 1. The van der Waals surface area contributed by atoms with Crippen LogP contribution < -0.4 is 4.74 Å². The third-order valence-electron chi connectivity index (χ3n) is 8.93. The zero-order chi connectivity index (χ0) is 31.0. The minimum absolute atomic E-state index is 0.000434. The first-order valence-corrected chi connectivity index (χ1v) is 16.1. The highest BCUT2D eigenvalue weighted by atomic mass is 19.3. The third kappa shape index (κ3) is 8.67. The standard InChI is InChI=1S/C34H45F6NO2/c1-3-5-6-9-12-25(35)21-43-29-18-15-24-20-27(41-33(38)30(24)34(29,39)40)26-16-17-28(32(37)31(26)36)42-19-10-7-8-11-22(4-2)23-13-14-23/h16-17,20,22-23,25,29H,3-15,18-19,21H2,1-2H3. The lowest BCUT2D eigenvalue weighted by Crippen LogP contribution is -2.40. The van der Waals surface area contributed by atoms with Gasteiger partial charge in [0.2, 0.25) is 11.8 Å². The van der Waals surface area contributed by atoms with Crippen LogP contribution in [-0.2, 0) is 17.1 Å². The quantitative estimate of drug-likeness (QED) is 0.0952. The maximum Gasteiger partial charge on any atom is 0.303 e. The summed E-state index contributed by atoms with van der Waals surface area (Å²) in [5.41, 5.74) is -1.63. The normalized spacial score (nSPS) is 19.2. The lowest BCUT2D eigenvalue weighted by molar-refractivity contribution is -0.160. The van der Waals surface area contributed by atoms with E-state index in [1.165, 1.54) is 37.8 Å². The summed E-state index contributed by atoms with van der Waals surface area (Å²) in [6, 6.07) is 3.64. The molecule has 43 heavy (non-hydrogen) atoms. The molecular weight excluding hydrogens is 568 g/mol. The maximum absolute atomic E-state index is 15.3. The Labute approximate surface area is 251 Å². The first kappa shape index (κ1) is 33.6. The Hall–Kier alpha value is -2.29. The fraction of sp³-hybridized carbons (Fsp3) is 0.676. The first-order valence-electron chi connectivity index (χ1n) is 16.1. The molecule has 240 valence electrons. The van der Waals surface area contributed by atoms with Crippen molar-refractivity contribution in [2.45, 2.75) is 122 Å². The third-order valence-corrected chi connectivity index (χ3v) is 8.93. The van der Waals surface area contributed by atoms with E-state index in [4.69, 9.17) is 9.47 Å². The number of halogens is 6. The molecule has 0 N–H and O–H groups in total. The van der Waals surface area contributed by atoms with Crippen molar-refractivity contribution < 1.29 is 35.8 Å². The molecule has 1 aromatic heterocycles. The lowest BCUT2D eigenvalue weighted by Gasteiger charge is -2.33. The topological polar surface area (TPSA) is 31.4 Å². The number of fused-ring (bicyclic) bond motifs is 1. The minimum atomic E-state index is -3.75. The maximum atomic E-state index is 15.3. The SMILES string of the molecule is CCCCCCC(F)COC1CCc2cc(-c3ccc(OCCCCCC(CC)C4CC4)c(F)c3F)nc(F)c2C1(F)F. The molecule has 2 aliphatic carbocycles. The van der Waals surface area contributed by atoms with Crippen LogP contribution in [0.2, 0.25) is 0 Å². The van der Waals surface area contributed by atoms with Gasteiger partial charge in [-0.3, -0.25) is 0 Å². The summed E-state index contributed by atoms with van der Waals surface area (Å²) in [6.45, 7) is 4.01. The second-order valence-corrected chi connectivity index (χ2v) is 12.2. The lowest BCUT2D eigenvalue weighted by atomic mass is 9.86. The van der Waals surface area contributed by atoms with E-state index in [2.05, 4.69) is 11.9 Å². The van der Waals surface area contributed by atoms with Gasteiger partial charge in [-0.2, -0.15) is 17.6 Å². The van der Waals surface area contributed by atoms with Gasteiger partial charge in [0, 0.05) is 5.56 Å². The second-order valence-electron chi connectivity index (χ2n) is 12.2. The molecule has 2 aromatic rings. The van der Waals surface area contributed by atoms with Crippen LogP contribution in [0.4, 0.5) is 26.3 Å². The van der Waals surface area contributed by atoms with Gasteiger partial charge in [0.1, 0.15) is 12.3 Å². The zero-order valence-corrected chi connectivity index (χ0v) is 25.4. The fourth-order valence-corrected chi connectivity index (χ4v) is 6.21. The largest absolute Gasteiger partial charge is 0.490 e. The number of unbranched alkanes of at least 4 members (excludes halogenated alkanes) is 5. The van der Waals surface area contributed by atoms with Gasteiger partial charge < -0.3 is 9.47 Å². The van der Waals surface area contributed by atoms with E-state index in [-0.39, 0.29) is 48.4 Å². The number of rotatable bonds is 18. The summed E-state index contributed by atoms with van der Waals surface area (Å²) >= 11 is 0. The molecule has 2 aliphatic rings. The van der Waals surface area contributed by atoms with Gasteiger partial charge in [0.15, 0.2) is 11.6 Å². The van der Waals surface area contributed by atoms with Crippen LogP contribution in [0.15, 0.2) is 18.2 Å². The molecule has 3 unspecified atom stereocenters. The van der Waals surface area contributed by atoms with Crippen molar-refractivity contribution >= 4 is 0 Å². The van der Waals surface area contributed by atoms with Gasteiger partial charge in [0.25, 0.3) is 0 Å². The molecule has 1 saturated carbocycles. The highest BCUT2D eigenvalue weighted by molar-refractivity contribution is 5.63. The monoisotopic (exact) mass is 613 g/mol. The molecule has 1 heterocycles. The van der Waals surface area contributed by atoms with Crippen LogP contribution in [-0.4, -0.2) is 30.5 Å². The van der Waals surface area contributed by atoms with Gasteiger partial charge in [-0.1, -0.05) is 65.2 Å². The molecule has 0 saturated heterocycles. The number of benzene rings is 1. The van der Waals surface area contributed by atoms with Crippen molar-refractivity contribution in [1.82, 2.24) is 4.98 Å². The fourth-order valence-electron chi connectivity index (χ4n) is 6.21. The summed E-state index contributed by atoms with van der Waals surface area (Å²) in [5, 5.41) is 0. The van der Waals surface area contributed by atoms with E-state index in [0.717, 1.165) is 50.0 Å². The van der Waals surface area contributed by atoms with E-state index in [1.54, 1.807) is 0 Å². The number of pyridine rings is 1. The Morgan fingerprint density at radius 2 is 1.67 bits per heavy atom. The van der Waals surface area contributed by atoms with Crippen molar-refractivity contribution in [3.8, 4) is 17.0 Å². The highest BCUT2D eigenvalue weighted by Gasteiger charge is 2.49. The van der Waals surface area contributed by atoms with Gasteiger partial charge in [0.05, 0.1) is 24.5 Å². The van der Waals surface area contributed by atoms with Crippen molar-refractivity contribution in [3.63, 3.8) is 0 Å². The summed E-state index contributed by atoms with van der Waals surface area (Å²) in [5.74, 6) is -6.34. The van der Waals surface area contributed by atoms with E-state index in [0.29, 0.717) is 12.8 Å². The molecule has 3 atom stereocenters. The number of hydrogen-bond donors (Lipinski definition) is 0. The number of hydrogen-bond acceptors (Lipinski definition) is 3. The van der Waals surface area contributed by atoms with Crippen LogP contribution in [0.1, 0.15) is 108 Å². The summed E-state index contributed by atoms with van der Waals surface area (Å²) in [7, 11) is 0. The predicted molar refractivity (Wildman–Crippen MR) is 156 cm³/mol. The average Bonchev–Trinajstić information content (AvgIpc) is 3.81. The Bertz CT molecular complexity index is 1190. The molecule has 0 spiro atoms. The number of aryl methyl sites for hydroxylation is 1. The van der Waals surface area contributed by atoms with E-state index < -0.39 is 48.0 Å². The van der Waals surface area contributed by atoms with Crippen LogP contribution >= 0.6 is 0 Å². The van der Waals surface area contributed by atoms with Gasteiger partial charge in [-0.25, -0.2) is 13.8 Å². The number of alkyl halides is 3. The molecule has 1 aromatic carbocycles. The van der Waals surface area contributed by atoms with Crippen LogP contribution in [0.3, 0.4) is 0 Å². The highest BCUT2D eigenvalue weighted by Crippen LogP contribution is 2.44. The zero-order valence-electron chi connectivity index (χ0n) is 25.4. The Kier molecular flexibility index (Phi) is 12.2. The Morgan fingerprint density at radius 1 is 0.930 bits per heavy atom. The molecule has 1 fully saturated rings. The molecule has 0 bridgehead atoms. The molecule has 0 radical (unpaired) electrons. The predicted octanol–water partition coefficient (Wildman–Crippen LogP) is 10.3. The van der Waals surface area contributed by atoms with Gasteiger partial charge in [-0.05, 0) is 74.1 Å². The Balaban J connectivity index is 1.35. The van der Waals surface area contributed by atoms with Crippen molar-refractivity contribution in [3.05, 3.63) is 46.9 Å². The van der Waals surface area contributed by atoms with E-state index >= 15 is 17.6 Å². The van der Waals surface area contributed by atoms with E-state index in [9.17, 15) is 8.78 Å². The second kappa shape index (κ2) is 15.6. The summed E-state index contributed by atoms with van der Waals surface area (Å²) in [4.78, 5) is 3.58. The molecule has 4 rings (SSSR count). The smallest absolute Gasteiger partial charge is 0.303 e. The van der Waals surface area contributed by atoms with Crippen molar-refractivity contribution in [1.29, 1.82) is 0 Å². The molecular formula is C34H45F6NO2. The van der Waals surface area contributed by atoms with Crippen LogP contribution in [0, 0.1) is 29.4 Å². The summed E-state index contributed by atoms with van der Waals surface area (Å²) in [6.07, 6.45) is 8.23. The van der Waals surface area contributed by atoms with Crippen LogP contribution in [0.5, 0.6) is 5.75 Å². The van der Waals surface area contributed by atoms with E-state index in [1.807, 2.05) is 6.92 Å². The molecule has 0 amide bonds. The molecule has 0 aliphatic heterocycles. The number of aromatic nitrogens is 1. The average molecular weight is 614 g/mol.